The molecular formula is C24H44O4. The lowest BCUT2D eigenvalue weighted by Gasteiger charge is -2.15. The largest absolute Gasteiger partial charge is 0.478 e. The molecule has 0 amide bonds. The van der Waals surface area contributed by atoms with Crippen LogP contribution in [0.3, 0.4) is 0 Å². The molecule has 0 heterocycles. The Hall–Kier alpha value is -1.58. The van der Waals surface area contributed by atoms with Gasteiger partial charge in [0, 0.05) is 12.2 Å². The van der Waals surface area contributed by atoms with Gasteiger partial charge >= 0.3 is 11.9 Å². The van der Waals surface area contributed by atoms with Gasteiger partial charge in [-0.05, 0) is 37.5 Å². The summed E-state index contributed by atoms with van der Waals surface area (Å²) in [6.07, 6.45) is 13.8. The fraction of sp³-hybridized carbons (Fsp3) is 0.750. The van der Waals surface area contributed by atoms with Gasteiger partial charge in [0.05, 0.1) is 7.11 Å². The number of carbonyl (C=O) groups excluding carboxylic acids is 1. The number of allylic oxidation sites excluding steroid dienone is 1. The summed E-state index contributed by atoms with van der Waals surface area (Å²) >= 11 is 0. The van der Waals surface area contributed by atoms with E-state index in [1.807, 2.05) is 6.92 Å². The minimum absolute atomic E-state index is 0.394. The third-order valence-electron chi connectivity index (χ3n) is 4.88. The number of carboxylic acids is 1. The molecule has 1 N–H and O–H groups in total. The lowest BCUT2D eigenvalue weighted by molar-refractivity contribution is -0.135. The molecule has 0 aliphatic rings. The fourth-order valence-corrected chi connectivity index (χ4v) is 3.07. The molecule has 0 aliphatic carbocycles. The molecular weight excluding hydrogens is 352 g/mol. The van der Waals surface area contributed by atoms with E-state index in [1.165, 1.54) is 58.1 Å². The van der Waals surface area contributed by atoms with Crippen LogP contribution in [0.4, 0.5) is 0 Å². The number of hydrogen-bond donors (Lipinski definition) is 1. The minimum atomic E-state index is -0.822. The second-order valence-electron chi connectivity index (χ2n) is 8.41. The molecule has 0 aliphatic heterocycles. The van der Waals surface area contributed by atoms with Crippen LogP contribution in [0.25, 0.3) is 0 Å². The highest BCUT2D eigenvalue weighted by Crippen LogP contribution is 2.21. The molecule has 0 radical (unpaired) electrons. The van der Waals surface area contributed by atoms with Crippen molar-refractivity contribution in [2.24, 2.45) is 17.8 Å². The highest BCUT2D eigenvalue weighted by atomic mass is 16.5. The average molecular weight is 397 g/mol. The maximum Gasteiger partial charge on any atom is 0.329 e. The number of aliphatic carboxylic acids is 1. The van der Waals surface area contributed by atoms with Crippen molar-refractivity contribution in [3.63, 3.8) is 0 Å². The van der Waals surface area contributed by atoms with Crippen molar-refractivity contribution in [1.82, 2.24) is 0 Å². The van der Waals surface area contributed by atoms with E-state index in [2.05, 4.69) is 39.0 Å². The highest BCUT2D eigenvalue weighted by molar-refractivity contribution is 5.81. The summed E-state index contributed by atoms with van der Waals surface area (Å²) in [5.74, 6) is 1.25. The van der Waals surface area contributed by atoms with Crippen LogP contribution < -0.4 is 0 Å². The van der Waals surface area contributed by atoms with E-state index in [4.69, 9.17) is 5.11 Å². The van der Waals surface area contributed by atoms with Crippen molar-refractivity contribution in [3.8, 4) is 0 Å². The van der Waals surface area contributed by atoms with Crippen LogP contribution >= 0.6 is 0 Å². The summed E-state index contributed by atoms with van der Waals surface area (Å²) < 4.78 is 4.14. The number of carbonyl (C=O) groups is 2. The molecule has 2 atom stereocenters. The van der Waals surface area contributed by atoms with Gasteiger partial charge in [-0.25, -0.2) is 9.59 Å². The molecule has 164 valence electrons. The number of hydrogen-bond acceptors (Lipinski definition) is 3. The maximum absolute atomic E-state index is 10.5. The molecule has 0 aromatic heterocycles. The predicted molar refractivity (Wildman–Crippen MR) is 118 cm³/mol. The monoisotopic (exact) mass is 396 g/mol. The normalized spacial score (nSPS) is 13.3. The Labute approximate surface area is 173 Å². The Balaban J connectivity index is 0. The average Bonchev–Trinajstić information content (AvgIpc) is 2.60. The zero-order chi connectivity index (χ0) is 21.9. The molecule has 0 saturated heterocycles. The molecule has 0 spiro atoms. The van der Waals surface area contributed by atoms with Crippen molar-refractivity contribution in [2.75, 3.05) is 7.11 Å². The smallest absolute Gasteiger partial charge is 0.329 e. The van der Waals surface area contributed by atoms with Crippen LogP contribution in [0.2, 0.25) is 0 Å². The summed E-state index contributed by atoms with van der Waals surface area (Å²) in [5.41, 5.74) is 0.985. The molecule has 4 nitrogen and oxygen atoms in total. The second-order valence-corrected chi connectivity index (χ2v) is 8.41. The van der Waals surface area contributed by atoms with Crippen LogP contribution in [-0.4, -0.2) is 24.2 Å². The summed E-state index contributed by atoms with van der Waals surface area (Å²) in [6.45, 7) is 14.4. The molecule has 0 saturated carbocycles. The van der Waals surface area contributed by atoms with Gasteiger partial charge in [0.2, 0.25) is 0 Å². The van der Waals surface area contributed by atoms with E-state index in [1.54, 1.807) is 0 Å². The molecule has 28 heavy (non-hydrogen) atoms. The summed E-state index contributed by atoms with van der Waals surface area (Å²) in [5, 5.41) is 8.68. The number of esters is 1. The van der Waals surface area contributed by atoms with Crippen LogP contribution in [-0.2, 0) is 14.3 Å². The summed E-state index contributed by atoms with van der Waals surface area (Å²) in [6, 6.07) is 0. The van der Waals surface area contributed by atoms with Gasteiger partial charge in [-0.15, -0.1) is 0 Å². The van der Waals surface area contributed by atoms with Crippen LogP contribution in [0.5, 0.6) is 0 Å². The van der Waals surface area contributed by atoms with E-state index in [9.17, 15) is 9.59 Å². The van der Waals surface area contributed by atoms with E-state index < -0.39 is 11.9 Å². The Morgan fingerprint density at radius 3 is 1.75 bits per heavy atom. The SMILES string of the molecule is C/C(=C\C(=O)O)CCC[C@H](C)CCC[C@H](C)CCCC(C)C.C=CC(=O)OC. The molecule has 0 rings (SSSR count). The van der Waals surface area contributed by atoms with Crippen molar-refractivity contribution in [2.45, 2.75) is 92.4 Å². The predicted octanol–water partition coefficient (Wildman–Crippen LogP) is 6.80. The Morgan fingerprint density at radius 2 is 1.39 bits per heavy atom. The molecule has 0 aromatic carbocycles. The summed E-state index contributed by atoms with van der Waals surface area (Å²) in [4.78, 5) is 20.4. The zero-order valence-corrected chi connectivity index (χ0v) is 19.1. The minimum Gasteiger partial charge on any atom is -0.478 e. The van der Waals surface area contributed by atoms with Crippen molar-refractivity contribution in [1.29, 1.82) is 0 Å². The van der Waals surface area contributed by atoms with E-state index in [0.29, 0.717) is 0 Å². The number of methoxy groups -OCH3 is 1. The van der Waals surface area contributed by atoms with Gasteiger partial charge in [0.25, 0.3) is 0 Å². The lowest BCUT2D eigenvalue weighted by Crippen LogP contribution is -2.00. The molecule has 0 aromatic rings. The highest BCUT2D eigenvalue weighted by Gasteiger charge is 2.06. The summed E-state index contributed by atoms with van der Waals surface area (Å²) in [7, 11) is 1.31. The van der Waals surface area contributed by atoms with Gasteiger partial charge in [-0.1, -0.05) is 84.8 Å². The van der Waals surface area contributed by atoms with Crippen LogP contribution in [0.1, 0.15) is 92.4 Å². The maximum atomic E-state index is 10.5. The molecule has 0 bridgehead atoms. The van der Waals surface area contributed by atoms with Gasteiger partial charge in [-0.3, -0.25) is 0 Å². The number of carboxylic acid groups (broad SMARTS) is 1. The van der Waals surface area contributed by atoms with Gasteiger partial charge in [-0.2, -0.15) is 0 Å². The second kappa shape index (κ2) is 18.8. The first-order valence-corrected chi connectivity index (χ1v) is 10.7. The Kier molecular flexibility index (Phi) is 19.2. The van der Waals surface area contributed by atoms with Crippen molar-refractivity contribution >= 4 is 11.9 Å². The first-order valence-electron chi connectivity index (χ1n) is 10.7. The van der Waals surface area contributed by atoms with Gasteiger partial charge in [0.15, 0.2) is 0 Å². The number of rotatable bonds is 14. The molecule has 0 unspecified atom stereocenters. The third-order valence-corrected chi connectivity index (χ3v) is 4.88. The van der Waals surface area contributed by atoms with Gasteiger partial charge < -0.3 is 9.84 Å². The fourth-order valence-electron chi connectivity index (χ4n) is 3.07. The standard InChI is InChI=1S/C20H38O2.C4H6O2/c1-16(2)9-6-10-17(3)11-7-12-18(4)13-8-14-19(5)15-20(21)22;1-3-4(5)6-2/h15-18H,6-14H2,1-5H3,(H,21,22);3H,1H2,2H3/b19-15+;/t17-,18-;/m1./s1. The van der Waals surface area contributed by atoms with E-state index in [0.717, 1.165) is 42.2 Å². The number of ether oxygens (including phenoxy) is 1. The lowest BCUT2D eigenvalue weighted by atomic mass is 9.91. The van der Waals surface area contributed by atoms with Crippen LogP contribution in [0, 0.1) is 17.8 Å². The topological polar surface area (TPSA) is 63.6 Å². The first-order chi connectivity index (χ1) is 13.1. The van der Waals surface area contributed by atoms with E-state index >= 15 is 0 Å². The molecule has 4 heteroatoms. The zero-order valence-electron chi connectivity index (χ0n) is 19.1. The van der Waals surface area contributed by atoms with Crippen molar-refractivity contribution < 1.29 is 19.4 Å². The molecule has 0 fully saturated rings. The Bertz CT molecular complexity index is 452. The van der Waals surface area contributed by atoms with Crippen LogP contribution in [0.15, 0.2) is 24.3 Å². The Morgan fingerprint density at radius 1 is 0.929 bits per heavy atom. The van der Waals surface area contributed by atoms with E-state index in [-0.39, 0.29) is 0 Å². The first kappa shape index (κ1) is 28.6. The van der Waals surface area contributed by atoms with Gasteiger partial charge in [0.1, 0.15) is 0 Å². The van der Waals surface area contributed by atoms with Crippen molar-refractivity contribution in [3.05, 3.63) is 24.3 Å². The third kappa shape index (κ3) is 22.5. The quantitative estimate of drug-likeness (QED) is 0.259.